The topological polar surface area (TPSA) is 42.9 Å². The Morgan fingerprint density at radius 2 is 2.00 bits per heavy atom. The average Bonchev–Trinajstić information content (AvgIpc) is 2.97. The van der Waals surface area contributed by atoms with Gasteiger partial charge in [0.25, 0.3) is 0 Å². The molecule has 0 saturated heterocycles. The predicted molar refractivity (Wildman–Crippen MR) is 83.5 cm³/mol. The van der Waals surface area contributed by atoms with Crippen molar-refractivity contribution in [2.75, 3.05) is 0 Å². The zero-order valence-corrected chi connectivity index (χ0v) is 12.4. The predicted octanol–water partition coefficient (Wildman–Crippen LogP) is 4.05. The first-order chi connectivity index (χ1) is 9.75. The fraction of sp³-hybridized carbons (Fsp3) is 0.133. The van der Waals surface area contributed by atoms with Crippen LogP contribution in [0.1, 0.15) is 17.3 Å². The minimum atomic E-state index is -0.169. The molecule has 0 bridgehead atoms. The molecular weight excluding hydrogens is 288 g/mol. The summed E-state index contributed by atoms with van der Waals surface area (Å²) in [6.45, 7) is 1.92. The quantitative estimate of drug-likeness (QED) is 0.414. The highest BCUT2D eigenvalue weighted by Crippen LogP contribution is 2.32. The minimum absolute atomic E-state index is 0.124. The van der Waals surface area contributed by atoms with Crippen LogP contribution in [0, 0.1) is 0 Å². The Hall–Kier alpha value is -1.72. The number of hydrogen-bond donors (Lipinski definition) is 0. The number of ketones is 1. The van der Waals surface area contributed by atoms with Crippen molar-refractivity contribution in [2.24, 2.45) is 0 Å². The Kier molecular flexibility index (Phi) is 3.80. The summed E-state index contributed by atoms with van der Waals surface area (Å²) in [6.07, 6.45) is 1.55. The fourth-order valence-corrected chi connectivity index (χ4v) is 3.82. The number of thiophene rings is 1. The van der Waals surface area contributed by atoms with Crippen molar-refractivity contribution < 1.29 is 4.79 Å². The number of carbonyl (C=O) groups excluding carboxylic acids is 1. The first kappa shape index (κ1) is 13.3. The smallest absolute Gasteiger partial charge is 0.175 e. The van der Waals surface area contributed by atoms with Crippen molar-refractivity contribution in [3.8, 4) is 0 Å². The molecule has 1 aromatic carbocycles. The fourth-order valence-electron chi connectivity index (χ4n) is 1.91. The monoisotopic (exact) mass is 300 g/mol. The molecule has 1 unspecified atom stereocenters. The summed E-state index contributed by atoms with van der Waals surface area (Å²) in [6, 6.07) is 11.3. The number of nitrogens with zero attached hydrogens (tertiary/aromatic N) is 2. The summed E-state index contributed by atoms with van der Waals surface area (Å²) >= 11 is 3.10. The van der Waals surface area contributed by atoms with Gasteiger partial charge in [0.15, 0.2) is 5.78 Å². The number of rotatable bonds is 4. The van der Waals surface area contributed by atoms with Gasteiger partial charge < -0.3 is 0 Å². The summed E-state index contributed by atoms with van der Waals surface area (Å²) in [4.78, 5) is 20.9. The number of Topliss-reactive ketones (excluding diaryl/α,β-unsaturated/α-hetero) is 1. The van der Waals surface area contributed by atoms with Crippen molar-refractivity contribution in [1.29, 1.82) is 0 Å². The number of thioether (sulfide) groups is 1. The molecule has 0 aliphatic rings. The Bertz CT molecular complexity index is 740. The molecule has 3 rings (SSSR count). The first-order valence-electron chi connectivity index (χ1n) is 6.20. The lowest BCUT2D eigenvalue weighted by atomic mass is 10.1. The molecule has 0 amide bonds. The number of aromatic nitrogens is 2. The van der Waals surface area contributed by atoms with Crippen LogP contribution in [-0.4, -0.2) is 21.0 Å². The Morgan fingerprint density at radius 3 is 2.80 bits per heavy atom. The van der Waals surface area contributed by atoms with E-state index in [1.807, 2.05) is 48.7 Å². The first-order valence-corrected chi connectivity index (χ1v) is 7.96. The minimum Gasteiger partial charge on any atom is -0.293 e. The highest BCUT2D eigenvalue weighted by atomic mass is 32.2. The summed E-state index contributed by atoms with van der Waals surface area (Å²) < 4.78 is 1.05. The summed E-state index contributed by atoms with van der Waals surface area (Å²) in [5, 5.41) is 2.70. The number of carbonyl (C=O) groups is 1. The van der Waals surface area contributed by atoms with Gasteiger partial charge >= 0.3 is 0 Å². The van der Waals surface area contributed by atoms with Crippen LogP contribution in [0.5, 0.6) is 0 Å². The van der Waals surface area contributed by atoms with Crippen molar-refractivity contribution in [2.45, 2.75) is 17.2 Å². The number of benzene rings is 1. The zero-order chi connectivity index (χ0) is 13.9. The molecule has 0 spiro atoms. The Labute approximate surface area is 125 Å². The maximum absolute atomic E-state index is 12.4. The Balaban J connectivity index is 1.84. The van der Waals surface area contributed by atoms with E-state index in [9.17, 15) is 4.79 Å². The van der Waals surface area contributed by atoms with Gasteiger partial charge in [0.05, 0.1) is 15.5 Å². The molecule has 0 aliphatic carbocycles. The maximum Gasteiger partial charge on any atom is 0.175 e. The lowest BCUT2D eigenvalue weighted by Gasteiger charge is -2.09. The van der Waals surface area contributed by atoms with E-state index in [2.05, 4.69) is 9.97 Å². The zero-order valence-electron chi connectivity index (χ0n) is 10.8. The van der Waals surface area contributed by atoms with Crippen molar-refractivity contribution in [3.05, 3.63) is 53.7 Å². The molecule has 5 heteroatoms. The van der Waals surface area contributed by atoms with E-state index in [0.717, 1.165) is 20.8 Å². The van der Waals surface area contributed by atoms with E-state index >= 15 is 0 Å². The second-order valence-electron chi connectivity index (χ2n) is 4.30. The molecule has 2 heterocycles. The van der Waals surface area contributed by atoms with E-state index in [1.165, 1.54) is 11.8 Å². The van der Waals surface area contributed by atoms with Gasteiger partial charge in [0.1, 0.15) is 11.4 Å². The molecule has 0 fully saturated rings. The van der Waals surface area contributed by atoms with Gasteiger partial charge in [-0.05, 0) is 18.4 Å². The average molecular weight is 300 g/mol. The van der Waals surface area contributed by atoms with Crippen molar-refractivity contribution in [1.82, 2.24) is 9.97 Å². The molecular formula is C15H12N2OS2. The molecule has 1 atom stereocenters. The van der Waals surface area contributed by atoms with Gasteiger partial charge in [0.2, 0.25) is 0 Å². The Morgan fingerprint density at radius 1 is 1.20 bits per heavy atom. The van der Waals surface area contributed by atoms with Crippen LogP contribution in [-0.2, 0) is 0 Å². The lowest BCUT2D eigenvalue weighted by molar-refractivity contribution is 0.0994. The van der Waals surface area contributed by atoms with Crippen LogP contribution >= 0.6 is 23.1 Å². The summed E-state index contributed by atoms with van der Waals surface area (Å²) in [5.41, 5.74) is 1.68. The maximum atomic E-state index is 12.4. The molecule has 20 heavy (non-hydrogen) atoms. The third-order valence-corrected chi connectivity index (χ3v) is 5.07. The van der Waals surface area contributed by atoms with Gasteiger partial charge in [-0.25, -0.2) is 9.97 Å². The normalized spacial score (nSPS) is 12.4. The van der Waals surface area contributed by atoms with Gasteiger partial charge in [-0.2, -0.15) is 0 Å². The van der Waals surface area contributed by atoms with Crippen LogP contribution in [0.25, 0.3) is 10.2 Å². The van der Waals surface area contributed by atoms with Crippen LogP contribution in [0.4, 0.5) is 0 Å². The summed E-state index contributed by atoms with van der Waals surface area (Å²) in [5.74, 6) is 0.124. The van der Waals surface area contributed by atoms with Gasteiger partial charge in [-0.1, -0.05) is 42.1 Å². The SMILES string of the molecule is CC(Sc1ncnc2ccsc12)C(=O)c1ccccc1. The molecule has 0 radical (unpaired) electrons. The number of fused-ring (bicyclic) bond motifs is 1. The van der Waals surface area contributed by atoms with Crippen molar-refractivity contribution in [3.63, 3.8) is 0 Å². The molecule has 0 N–H and O–H groups in total. The van der Waals surface area contributed by atoms with Crippen LogP contribution < -0.4 is 0 Å². The highest BCUT2D eigenvalue weighted by molar-refractivity contribution is 8.00. The van der Waals surface area contributed by atoms with Gasteiger partial charge in [0, 0.05) is 5.56 Å². The van der Waals surface area contributed by atoms with E-state index in [1.54, 1.807) is 17.7 Å². The molecule has 0 aliphatic heterocycles. The van der Waals surface area contributed by atoms with Crippen LogP contribution in [0.15, 0.2) is 53.1 Å². The van der Waals surface area contributed by atoms with E-state index in [0.29, 0.717) is 0 Å². The second-order valence-corrected chi connectivity index (χ2v) is 6.55. The van der Waals surface area contributed by atoms with Crippen LogP contribution in [0.3, 0.4) is 0 Å². The third kappa shape index (κ3) is 2.59. The van der Waals surface area contributed by atoms with E-state index < -0.39 is 0 Å². The molecule has 100 valence electrons. The molecule has 3 aromatic rings. The van der Waals surface area contributed by atoms with E-state index in [-0.39, 0.29) is 11.0 Å². The highest BCUT2D eigenvalue weighted by Gasteiger charge is 2.18. The van der Waals surface area contributed by atoms with Gasteiger partial charge in [-0.15, -0.1) is 11.3 Å². The van der Waals surface area contributed by atoms with Gasteiger partial charge in [-0.3, -0.25) is 4.79 Å². The summed E-state index contributed by atoms with van der Waals surface area (Å²) in [7, 11) is 0. The van der Waals surface area contributed by atoms with Crippen molar-refractivity contribution >= 4 is 39.1 Å². The molecule has 0 saturated carbocycles. The standard InChI is InChI=1S/C15H12N2OS2/c1-10(13(18)11-5-3-2-4-6-11)20-15-14-12(7-8-19-14)16-9-17-15/h2-10H,1H3. The molecule has 2 aromatic heterocycles. The molecule has 3 nitrogen and oxygen atoms in total. The largest absolute Gasteiger partial charge is 0.293 e. The number of hydrogen-bond acceptors (Lipinski definition) is 5. The third-order valence-electron chi connectivity index (χ3n) is 2.93. The van der Waals surface area contributed by atoms with E-state index in [4.69, 9.17) is 0 Å². The lowest BCUT2D eigenvalue weighted by Crippen LogP contribution is -2.13. The second kappa shape index (κ2) is 5.73. The van der Waals surface area contributed by atoms with Crippen LogP contribution in [0.2, 0.25) is 0 Å².